The zero-order chi connectivity index (χ0) is 28.6. The van der Waals surface area contributed by atoms with Crippen LogP contribution < -0.4 is 32.1 Å². The molecule has 2 nitrogen and oxygen atoms in total. The van der Waals surface area contributed by atoms with Crippen LogP contribution in [-0.4, -0.2) is 22.6 Å². The van der Waals surface area contributed by atoms with E-state index >= 15 is 0 Å². The van der Waals surface area contributed by atoms with Crippen molar-refractivity contribution in [3.8, 4) is 0 Å². The molecule has 7 aromatic rings. The molecule has 0 saturated heterocycles. The summed E-state index contributed by atoms with van der Waals surface area (Å²) in [6.07, 6.45) is 9.85. The molecule has 0 N–H and O–H groups in total. The van der Waals surface area contributed by atoms with E-state index in [0.717, 1.165) is 32.7 Å². The van der Waals surface area contributed by atoms with Crippen molar-refractivity contribution in [1.82, 2.24) is 9.97 Å². The fraction of sp³-hybridized carbons (Fsp3) is 0. The highest BCUT2D eigenvalue weighted by Gasteiger charge is 2.26. The van der Waals surface area contributed by atoms with Crippen molar-refractivity contribution in [3.63, 3.8) is 0 Å². The Morgan fingerprint density at radius 1 is 0.333 bits per heavy atom. The summed E-state index contributed by atoms with van der Waals surface area (Å²) in [7, 11) is 0. The SMILES string of the molecule is C=P(c1ccccc1)(c1ccccc1)c1ccc2ccc3ccc(P(=C)(c4ccccc4)c4ccccc4)nc3c2n1. The minimum Gasteiger partial charge on any atom is -0.245 e. The Hall–Kier alpha value is -4.48. The molecule has 0 aliphatic rings. The van der Waals surface area contributed by atoms with Gasteiger partial charge in [-0.05, 0) is 47.1 Å². The second-order valence-corrected chi connectivity index (χ2v) is 16.7. The maximum atomic E-state index is 5.41. The average molecular weight is 577 g/mol. The maximum Gasteiger partial charge on any atom is 0.0972 e. The third-order valence-corrected chi connectivity index (χ3v) is 14.8. The van der Waals surface area contributed by atoms with Gasteiger partial charge < -0.3 is 0 Å². The van der Waals surface area contributed by atoms with Gasteiger partial charge in [0.05, 0.1) is 21.9 Å². The molecule has 202 valence electrons. The Balaban J connectivity index is 1.49. The van der Waals surface area contributed by atoms with E-state index in [0.29, 0.717) is 0 Å². The number of benzene rings is 5. The van der Waals surface area contributed by atoms with Gasteiger partial charge in [-0.3, -0.25) is 0 Å². The molecule has 2 aromatic heterocycles. The van der Waals surface area contributed by atoms with E-state index in [1.54, 1.807) is 0 Å². The molecule has 0 radical (unpaired) electrons. The molecule has 0 amide bonds. The predicted octanol–water partition coefficient (Wildman–Crippen LogP) is 6.23. The number of hydrogen-bond acceptors (Lipinski definition) is 2. The Morgan fingerprint density at radius 2 is 0.595 bits per heavy atom. The molecule has 4 heteroatoms. The molecular weight excluding hydrogens is 546 g/mol. The van der Waals surface area contributed by atoms with E-state index in [-0.39, 0.29) is 0 Å². The van der Waals surface area contributed by atoms with Gasteiger partial charge in [0, 0.05) is 10.8 Å². The first-order chi connectivity index (χ1) is 20.6. The molecule has 0 aliphatic heterocycles. The maximum absolute atomic E-state index is 5.41. The summed E-state index contributed by atoms with van der Waals surface area (Å²) in [5.74, 6) is 0. The van der Waals surface area contributed by atoms with Crippen LogP contribution in [0.4, 0.5) is 0 Å². The number of rotatable bonds is 6. The van der Waals surface area contributed by atoms with Crippen LogP contribution >= 0.6 is 13.8 Å². The number of pyridine rings is 2. The Morgan fingerprint density at radius 3 is 0.881 bits per heavy atom. The number of nitrogens with zero attached hydrogens (tertiary/aromatic N) is 2. The summed E-state index contributed by atoms with van der Waals surface area (Å²) in [6, 6.07) is 55.4. The van der Waals surface area contributed by atoms with Crippen molar-refractivity contribution in [2.24, 2.45) is 0 Å². The molecule has 0 bridgehead atoms. The van der Waals surface area contributed by atoms with Gasteiger partial charge in [-0.15, -0.1) is 0 Å². The summed E-state index contributed by atoms with van der Waals surface area (Å²) in [4.78, 5) is 10.8. The van der Waals surface area contributed by atoms with E-state index in [4.69, 9.17) is 22.6 Å². The van der Waals surface area contributed by atoms with E-state index in [1.165, 1.54) is 21.2 Å². The van der Waals surface area contributed by atoms with Gasteiger partial charge in [0.2, 0.25) is 0 Å². The topological polar surface area (TPSA) is 25.8 Å². The summed E-state index contributed by atoms with van der Waals surface area (Å²) in [6.45, 7) is -4.49. The highest BCUT2D eigenvalue weighted by Crippen LogP contribution is 2.43. The highest BCUT2D eigenvalue weighted by molar-refractivity contribution is 7.93. The van der Waals surface area contributed by atoms with Crippen molar-refractivity contribution in [2.45, 2.75) is 0 Å². The lowest BCUT2D eigenvalue weighted by atomic mass is 10.1. The van der Waals surface area contributed by atoms with Crippen LogP contribution in [-0.2, 0) is 0 Å². The lowest BCUT2D eigenvalue weighted by molar-refractivity contribution is 1.44. The zero-order valence-corrected chi connectivity index (χ0v) is 25.0. The standard InChI is InChI=1S/C38H30N2P2/c1-41(31-15-7-3-8-16-31,32-17-9-4-10-18-32)35-27-25-29-23-24-30-26-28-36(40-38(30)37(29)39-35)42(2,33-19-11-5-12-20-33)34-21-13-6-14-22-34/h3-28H,1-2H2. The summed E-state index contributed by atoms with van der Waals surface area (Å²) >= 11 is 0. The molecule has 42 heavy (non-hydrogen) atoms. The Kier molecular flexibility index (Phi) is 6.75. The molecule has 0 fully saturated rings. The minimum absolute atomic E-state index is 0.902. The molecule has 0 unspecified atom stereocenters. The minimum atomic E-state index is -2.24. The van der Waals surface area contributed by atoms with Gasteiger partial charge in [-0.25, -0.2) is 9.97 Å². The third kappa shape index (κ3) is 4.36. The lowest BCUT2D eigenvalue weighted by Gasteiger charge is -2.26. The van der Waals surface area contributed by atoms with Crippen molar-refractivity contribution < 1.29 is 0 Å². The first-order valence-electron chi connectivity index (χ1n) is 14.0. The van der Waals surface area contributed by atoms with Crippen LogP contribution in [0, 0.1) is 0 Å². The Labute approximate surface area is 247 Å². The lowest BCUT2D eigenvalue weighted by Crippen LogP contribution is -2.28. The first kappa shape index (κ1) is 26.4. The Bertz CT molecular complexity index is 1880. The molecule has 5 aromatic carbocycles. The molecular formula is C38H30N2P2. The van der Waals surface area contributed by atoms with Crippen molar-refractivity contribution in [1.29, 1.82) is 0 Å². The number of aromatic nitrogens is 2. The monoisotopic (exact) mass is 576 g/mol. The molecule has 0 spiro atoms. The second-order valence-electron chi connectivity index (χ2n) is 10.5. The van der Waals surface area contributed by atoms with Crippen LogP contribution in [0.5, 0.6) is 0 Å². The van der Waals surface area contributed by atoms with Crippen LogP contribution in [0.3, 0.4) is 0 Å². The van der Waals surface area contributed by atoms with Gasteiger partial charge >= 0.3 is 0 Å². The van der Waals surface area contributed by atoms with Crippen LogP contribution in [0.15, 0.2) is 158 Å². The van der Waals surface area contributed by atoms with E-state index in [9.17, 15) is 0 Å². The molecule has 2 heterocycles. The zero-order valence-electron chi connectivity index (χ0n) is 23.2. The van der Waals surface area contributed by atoms with E-state index in [2.05, 4.69) is 158 Å². The van der Waals surface area contributed by atoms with Gasteiger partial charge in [0.1, 0.15) is 0 Å². The largest absolute Gasteiger partial charge is 0.245 e. The molecule has 7 rings (SSSR count). The van der Waals surface area contributed by atoms with Gasteiger partial charge in [0.25, 0.3) is 0 Å². The van der Waals surface area contributed by atoms with Crippen molar-refractivity contribution in [3.05, 3.63) is 158 Å². The van der Waals surface area contributed by atoms with Gasteiger partial charge in [0.15, 0.2) is 0 Å². The summed E-state index contributed by atoms with van der Waals surface area (Å²) < 4.78 is 0. The van der Waals surface area contributed by atoms with Gasteiger partial charge in [-0.1, -0.05) is 158 Å². The third-order valence-electron chi connectivity index (χ3n) is 8.06. The molecule has 0 saturated carbocycles. The van der Waals surface area contributed by atoms with E-state index in [1.807, 2.05) is 0 Å². The quantitative estimate of drug-likeness (QED) is 0.173. The summed E-state index contributed by atoms with van der Waals surface area (Å²) in [5.41, 5.74) is 3.79. The van der Waals surface area contributed by atoms with Crippen LogP contribution in [0.2, 0.25) is 0 Å². The summed E-state index contributed by atoms with van der Waals surface area (Å²) in [5, 5.41) is 6.94. The molecule has 0 aliphatic carbocycles. The van der Waals surface area contributed by atoms with Crippen molar-refractivity contribution in [2.75, 3.05) is 0 Å². The van der Waals surface area contributed by atoms with Crippen LogP contribution in [0.1, 0.15) is 0 Å². The van der Waals surface area contributed by atoms with E-state index < -0.39 is 13.8 Å². The number of hydrogen-bond donors (Lipinski definition) is 0. The fourth-order valence-electron chi connectivity index (χ4n) is 5.73. The normalized spacial score (nSPS) is 12.0. The average Bonchev–Trinajstić information content (AvgIpc) is 3.08. The smallest absolute Gasteiger partial charge is 0.0972 e. The number of fused-ring (bicyclic) bond motifs is 3. The van der Waals surface area contributed by atoms with Gasteiger partial charge in [-0.2, -0.15) is 0 Å². The highest BCUT2D eigenvalue weighted by atomic mass is 31.2. The van der Waals surface area contributed by atoms with Crippen molar-refractivity contribution >= 4 is 80.3 Å². The first-order valence-corrected chi connectivity index (χ1v) is 17.9. The molecule has 0 atom stereocenters. The fourth-order valence-corrected chi connectivity index (χ4v) is 11.3. The predicted molar refractivity (Wildman–Crippen MR) is 189 cm³/mol. The second kappa shape index (κ2) is 10.7. The van der Waals surface area contributed by atoms with Crippen LogP contribution in [0.25, 0.3) is 21.8 Å².